The van der Waals surface area contributed by atoms with E-state index in [1.54, 1.807) is 11.0 Å². The molecule has 3 aromatic rings. The van der Waals surface area contributed by atoms with Crippen molar-refractivity contribution in [2.45, 2.75) is 27.2 Å². The molecule has 0 spiro atoms. The summed E-state index contributed by atoms with van der Waals surface area (Å²) in [5, 5.41) is 9.78. The summed E-state index contributed by atoms with van der Waals surface area (Å²) < 4.78 is 2.17. The van der Waals surface area contributed by atoms with Crippen LogP contribution in [0.5, 0.6) is 0 Å². The minimum atomic E-state index is -0.192. The third kappa shape index (κ3) is 4.70. The number of amides is 1. The number of hydrogen-bond acceptors (Lipinski definition) is 3. The Morgan fingerprint density at radius 2 is 1.64 bits per heavy atom. The molecule has 0 N–H and O–H groups in total. The molecule has 5 nitrogen and oxygen atoms in total. The quantitative estimate of drug-likeness (QED) is 0.420. The zero-order valence-electron chi connectivity index (χ0n) is 19.6. The normalized spacial score (nSPS) is 14.3. The molecule has 0 unspecified atom stereocenters. The molecule has 1 saturated heterocycles. The van der Waals surface area contributed by atoms with Gasteiger partial charge in [0.15, 0.2) is 0 Å². The van der Waals surface area contributed by atoms with Crippen LogP contribution in [0, 0.1) is 25.2 Å². The number of hydrogen-bond donors (Lipinski definition) is 0. The van der Waals surface area contributed by atoms with Gasteiger partial charge in [0, 0.05) is 48.9 Å². The second kappa shape index (κ2) is 9.79. The highest BCUT2D eigenvalue weighted by molar-refractivity contribution is 6.02. The highest BCUT2D eigenvalue weighted by atomic mass is 16.2. The molecule has 33 heavy (non-hydrogen) atoms. The topological polar surface area (TPSA) is 52.3 Å². The SMILES string of the molecule is CCc1ccc(-n2c(C)cc(/C=C(/C#N)C(=O)N3CCN(c4ccccc4)CC3)c2C)cc1. The molecular weight excluding hydrogens is 408 g/mol. The van der Waals surface area contributed by atoms with Crippen LogP contribution in [0.3, 0.4) is 0 Å². The van der Waals surface area contributed by atoms with Gasteiger partial charge in [0.25, 0.3) is 5.91 Å². The number of carbonyl (C=O) groups excluding carboxylic acids is 1. The molecule has 1 aliphatic heterocycles. The van der Waals surface area contributed by atoms with Crippen molar-refractivity contribution >= 4 is 17.7 Å². The maximum atomic E-state index is 13.1. The zero-order valence-corrected chi connectivity index (χ0v) is 19.6. The van der Waals surface area contributed by atoms with Gasteiger partial charge >= 0.3 is 0 Å². The summed E-state index contributed by atoms with van der Waals surface area (Å²) in [5.41, 5.74) is 6.73. The molecule has 4 rings (SSSR count). The first-order valence-electron chi connectivity index (χ1n) is 11.5. The molecular formula is C28H30N4O. The summed E-state index contributed by atoms with van der Waals surface area (Å²) in [5.74, 6) is -0.192. The fourth-order valence-electron chi connectivity index (χ4n) is 4.49. The number of piperazine rings is 1. The Hall–Kier alpha value is -3.78. The van der Waals surface area contributed by atoms with Gasteiger partial charge in [-0.2, -0.15) is 5.26 Å². The maximum Gasteiger partial charge on any atom is 0.264 e. The number of aryl methyl sites for hydroxylation is 2. The minimum Gasteiger partial charge on any atom is -0.368 e. The van der Waals surface area contributed by atoms with E-state index in [1.807, 2.05) is 31.2 Å². The van der Waals surface area contributed by atoms with Crippen LogP contribution in [0.25, 0.3) is 11.8 Å². The van der Waals surface area contributed by atoms with E-state index in [4.69, 9.17) is 0 Å². The Kier molecular flexibility index (Phi) is 6.65. The predicted octanol–water partition coefficient (Wildman–Crippen LogP) is 4.91. The lowest BCUT2D eigenvalue weighted by molar-refractivity contribution is -0.126. The van der Waals surface area contributed by atoms with Crippen LogP contribution in [-0.4, -0.2) is 41.6 Å². The highest BCUT2D eigenvalue weighted by Crippen LogP contribution is 2.24. The largest absolute Gasteiger partial charge is 0.368 e. The van der Waals surface area contributed by atoms with E-state index in [0.717, 1.165) is 42.1 Å². The van der Waals surface area contributed by atoms with E-state index in [1.165, 1.54) is 11.3 Å². The number of carbonyl (C=O) groups is 1. The van der Waals surface area contributed by atoms with Gasteiger partial charge in [0.2, 0.25) is 0 Å². The van der Waals surface area contributed by atoms with Crippen LogP contribution in [0.15, 0.2) is 66.2 Å². The molecule has 1 fully saturated rings. The van der Waals surface area contributed by atoms with Crippen molar-refractivity contribution in [2.75, 3.05) is 31.1 Å². The lowest BCUT2D eigenvalue weighted by Gasteiger charge is -2.36. The monoisotopic (exact) mass is 438 g/mol. The minimum absolute atomic E-state index is 0.185. The number of rotatable bonds is 5. The fraction of sp³-hybridized carbons (Fsp3) is 0.286. The average Bonchev–Trinajstić information content (AvgIpc) is 3.15. The summed E-state index contributed by atoms with van der Waals surface area (Å²) in [7, 11) is 0. The number of nitrogens with zero attached hydrogens (tertiary/aromatic N) is 4. The van der Waals surface area contributed by atoms with E-state index >= 15 is 0 Å². The van der Waals surface area contributed by atoms with Crippen molar-refractivity contribution in [1.82, 2.24) is 9.47 Å². The molecule has 168 valence electrons. The second-order valence-corrected chi connectivity index (χ2v) is 8.47. The Morgan fingerprint density at radius 3 is 2.24 bits per heavy atom. The summed E-state index contributed by atoms with van der Waals surface area (Å²) in [6.45, 7) is 8.96. The third-order valence-electron chi connectivity index (χ3n) is 6.41. The summed E-state index contributed by atoms with van der Waals surface area (Å²) in [6.07, 6.45) is 2.75. The molecule has 0 aliphatic carbocycles. The Morgan fingerprint density at radius 1 is 0.970 bits per heavy atom. The molecule has 0 saturated carbocycles. The van der Waals surface area contributed by atoms with E-state index < -0.39 is 0 Å². The first-order valence-corrected chi connectivity index (χ1v) is 11.5. The van der Waals surface area contributed by atoms with E-state index in [-0.39, 0.29) is 11.5 Å². The second-order valence-electron chi connectivity index (χ2n) is 8.47. The van der Waals surface area contributed by atoms with Gasteiger partial charge in [0.1, 0.15) is 11.6 Å². The lowest BCUT2D eigenvalue weighted by atomic mass is 10.1. The smallest absolute Gasteiger partial charge is 0.264 e. The van der Waals surface area contributed by atoms with Crippen LogP contribution in [0.4, 0.5) is 5.69 Å². The number of aromatic nitrogens is 1. The van der Waals surface area contributed by atoms with Crippen LogP contribution in [0.2, 0.25) is 0 Å². The van der Waals surface area contributed by atoms with Gasteiger partial charge in [-0.15, -0.1) is 0 Å². The van der Waals surface area contributed by atoms with E-state index in [0.29, 0.717) is 13.1 Å². The van der Waals surface area contributed by atoms with Gasteiger partial charge in [-0.05, 0) is 67.8 Å². The zero-order chi connectivity index (χ0) is 23.4. The van der Waals surface area contributed by atoms with Gasteiger partial charge < -0.3 is 14.4 Å². The van der Waals surface area contributed by atoms with Gasteiger partial charge in [-0.1, -0.05) is 37.3 Å². The summed E-state index contributed by atoms with van der Waals surface area (Å²) in [6, 6.07) is 22.9. The van der Waals surface area contributed by atoms with E-state index in [2.05, 4.69) is 65.8 Å². The Labute approximate surface area is 196 Å². The average molecular weight is 439 g/mol. The van der Waals surface area contributed by atoms with Gasteiger partial charge in [-0.25, -0.2) is 0 Å². The van der Waals surface area contributed by atoms with Crippen molar-refractivity contribution < 1.29 is 4.79 Å². The molecule has 0 atom stereocenters. The molecule has 0 radical (unpaired) electrons. The molecule has 5 heteroatoms. The molecule has 2 aromatic carbocycles. The molecule has 1 aromatic heterocycles. The van der Waals surface area contributed by atoms with Crippen LogP contribution in [0.1, 0.15) is 29.4 Å². The molecule has 1 aliphatic rings. The number of para-hydroxylation sites is 1. The van der Waals surface area contributed by atoms with Gasteiger partial charge in [-0.3, -0.25) is 4.79 Å². The first-order chi connectivity index (χ1) is 16.0. The van der Waals surface area contributed by atoms with Crippen molar-refractivity contribution in [3.05, 3.63) is 88.8 Å². The van der Waals surface area contributed by atoms with E-state index in [9.17, 15) is 10.1 Å². The van der Waals surface area contributed by atoms with Crippen molar-refractivity contribution in [3.8, 4) is 11.8 Å². The number of nitriles is 1. The first kappa shape index (κ1) is 22.4. The Balaban J connectivity index is 1.52. The van der Waals surface area contributed by atoms with Gasteiger partial charge in [0.05, 0.1) is 0 Å². The lowest BCUT2D eigenvalue weighted by Crippen LogP contribution is -2.49. The standard InChI is InChI=1S/C28H30N4O/c1-4-23-10-12-27(13-11-23)32-21(2)18-24(22(32)3)19-25(20-29)28(33)31-16-14-30(15-17-31)26-8-6-5-7-9-26/h5-13,18-19H,4,14-17H2,1-3H3/b25-19-. The van der Waals surface area contributed by atoms with Crippen LogP contribution < -0.4 is 4.90 Å². The van der Waals surface area contributed by atoms with Crippen molar-refractivity contribution in [1.29, 1.82) is 5.26 Å². The molecule has 0 bridgehead atoms. The maximum absolute atomic E-state index is 13.1. The highest BCUT2D eigenvalue weighted by Gasteiger charge is 2.24. The predicted molar refractivity (Wildman–Crippen MR) is 133 cm³/mol. The number of anilines is 1. The fourth-order valence-corrected chi connectivity index (χ4v) is 4.49. The Bertz CT molecular complexity index is 1190. The van der Waals surface area contributed by atoms with Crippen LogP contribution >= 0.6 is 0 Å². The van der Waals surface area contributed by atoms with Crippen molar-refractivity contribution in [2.24, 2.45) is 0 Å². The van der Waals surface area contributed by atoms with Crippen molar-refractivity contribution in [3.63, 3.8) is 0 Å². The van der Waals surface area contributed by atoms with Crippen LogP contribution in [-0.2, 0) is 11.2 Å². The molecule has 1 amide bonds. The molecule has 2 heterocycles. The number of benzene rings is 2. The summed E-state index contributed by atoms with van der Waals surface area (Å²) >= 11 is 0. The summed E-state index contributed by atoms with van der Waals surface area (Å²) in [4.78, 5) is 17.2. The third-order valence-corrected chi connectivity index (χ3v) is 6.41.